The Morgan fingerprint density at radius 1 is 1.41 bits per heavy atom. The molecule has 1 amide bonds. The zero-order valence-corrected chi connectivity index (χ0v) is 18.0. The first-order chi connectivity index (χ1) is 14.0. The van der Waals surface area contributed by atoms with Crippen molar-refractivity contribution in [2.75, 3.05) is 12.3 Å². The summed E-state index contributed by atoms with van der Waals surface area (Å²) in [6.07, 6.45) is 2.82. The molecule has 0 aliphatic heterocycles. The van der Waals surface area contributed by atoms with Crippen molar-refractivity contribution in [2.24, 2.45) is 5.92 Å². The van der Waals surface area contributed by atoms with E-state index in [2.05, 4.69) is 12.2 Å². The topological polar surface area (TPSA) is 64.0 Å². The van der Waals surface area contributed by atoms with Crippen molar-refractivity contribution in [1.29, 1.82) is 0 Å². The van der Waals surface area contributed by atoms with Gasteiger partial charge < -0.3 is 5.32 Å². The lowest BCUT2D eigenvalue weighted by molar-refractivity contribution is -0.118. The Bertz CT molecular complexity index is 1140. The van der Waals surface area contributed by atoms with E-state index >= 15 is 0 Å². The normalized spacial score (nSPS) is 16.0. The summed E-state index contributed by atoms with van der Waals surface area (Å²) in [5.74, 6) is 0.0537. The molecule has 0 saturated carbocycles. The third-order valence-corrected chi connectivity index (χ3v) is 7.19. The fourth-order valence-electron chi connectivity index (χ4n) is 3.69. The highest BCUT2D eigenvalue weighted by molar-refractivity contribution is 7.99. The Morgan fingerprint density at radius 2 is 2.21 bits per heavy atom. The van der Waals surface area contributed by atoms with Crippen molar-refractivity contribution in [2.45, 2.75) is 38.3 Å². The number of carbonyl (C=O) groups is 1. The van der Waals surface area contributed by atoms with Gasteiger partial charge in [-0.25, -0.2) is 9.37 Å². The average Bonchev–Trinajstić information content (AvgIpc) is 3.05. The molecule has 0 unspecified atom stereocenters. The Kier molecular flexibility index (Phi) is 5.74. The first-order valence-electron chi connectivity index (χ1n) is 9.71. The summed E-state index contributed by atoms with van der Waals surface area (Å²) in [4.78, 5) is 32.1. The second-order valence-electron chi connectivity index (χ2n) is 7.26. The van der Waals surface area contributed by atoms with Crippen LogP contribution in [0.3, 0.4) is 0 Å². The van der Waals surface area contributed by atoms with Crippen LogP contribution in [0.2, 0.25) is 0 Å². The average molecular weight is 432 g/mol. The molecule has 0 bridgehead atoms. The molecule has 8 heteroatoms. The van der Waals surface area contributed by atoms with Gasteiger partial charge in [-0.05, 0) is 49.8 Å². The second-order valence-corrected chi connectivity index (χ2v) is 9.29. The minimum absolute atomic E-state index is 0.113. The molecule has 5 nitrogen and oxygen atoms in total. The van der Waals surface area contributed by atoms with E-state index in [1.165, 1.54) is 15.5 Å². The van der Waals surface area contributed by atoms with Crippen molar-refractivity contribution in [3.63, 3.8) is 0 Å². The van der Waals surface area contributed by atoms with E-state index in [4.69, 9.17) is 4.98 Å². The molecule has 1 aromatic carbocycles. The molecule has 0 saturated heterocycles. The molecule has 152 valence electrons. The summed E-state index contributed by atoms with van der Waals surface area (Å²) in [7, 11) is 0. The van der Waals surface area contributed by atoms with Crippen LogP contribution in [0.4, 0.5) is 4.39 Å². The van der Waals surface area contributed by atoms with Crippen molar-refractivity contribution < 1.29 is 9.18 Å². The molecule has 4 rings (SSSR count). The van der Waals surface area contributed by atoms with Gasteiger partial charge in [0.15, 0.2) is 5.16 Å². The molecule has 1 N–H and O–H groups in total. The monoisotopic (exact) mass is 431 g/mol. The number of halogens is 1. The number of aromatic nitrogens is 2. The highest BCUT2D eigenvalue weighted by Crippen LogP contribution is 2.37. The number of para-hydroxylation sites is 1. The van der Waals surface area contributed by atoms with Gasteiger partial charge >= 0.3 is 0 Å². The number of rotatable bonds is 5. The third-order valence-electron chi connectivity index (χ3n) is 5.10. The number of benzene rings is 1. The second kappa shape index (κ2) is 8.28. The summed E-state index contributed by atoms with van der Waals surface area (Å²) in [6.45, 7) is 4.59. The molecule has 2 heterocycles. The van der Waals surface area contributed by atoms with Crippen molar-refractivity contribution >= 4 is 39.2 Å². The van der Waals surface area contributed by atoms with E-state index < -0.39 is 5.82 Å². The maximum absolute atomic E-state index is 14.6. The lowest BCUT2D eigenvalue weighted by Crippen LogP contribution is -2.26. The molecule has 2 aromatic heterocycles. The number of thiophene rings is 1. The largest absolute Gasteiger partial charge is 0.356 e. The van der Waals surface area contributed by atoms with Crippen LogP contribution < -0.4 is 10.9 Å². The van der Waals surface area contributed by atoms with Gasteiger partial charge in [-0.1, -0.05) is 30.8 Å². The Balaban J connectivity index is 1.90. The Hall–Kier alpha value is -2.19. The van der Waals surface area contributed by atoms with E-state index in [0.717, 1.165) is 36.6 Å². The summed E-state index contributed by atoms with van der Waals surface area (Å²) in [5, 5.41) is 3.67. The number of thioether (sulfide) groups is 1. The number of aryl methyl sites for hydroxylation is 1. The third kappa shape index (κ3) is 3.83. The van der Waals surface area contributed by atoms with Crippen molar-refractivity contribution in [3.8, 4) is 5.69 Å². The lowest BCUT2D eigenvalue weighted by Gasteiger charge is -2.18. The van der Waals surface area contributed by atoms with Crippen LogP contribution in [-0.4, -0.2) is 27.8 Å². The highest BCUT2D eigenvalue weighted by Gasteiger charge is 2.26. The maximum atomic E-state index is 14.6. The van der Waals surface area contributed by atoms with E-state index in [1.54, 1.807) is 29.5 Å². The number of fused-ring (bicyclic) bond motifs is 3. The van der Waals surface area contributed by atoms with Gasteiger partial charge in [0, 0.05) is 11.4 Å². The Morgan fingerprint density at radius 3 is 2.97 bits per heavy atom. The first-order valence-corrected chi connectivity index (χ1v) is 11.5. The van der Waals surface area contributed by atoms with Crippen LogP contribution in [-0.2, 0) is 17.6 Å². The van der Waals surface area contributed by atoms with Crippen LogP contribution in [0, 0.1) is 11.7 Å². The molecule has 1 atom stereocenters. The predicted octanol–water partition coefficient (Wildman–Crippen LogP) is 3.94. The van der Waals surface area contributed by atoms with E-state index in [0.29, 0.717) is 27.8 Å². The van der Waals surface area contributed by atoms with Gasteiger partial charge in [0.2, 0.25) is 5.91 Å². The summed E-state index contributed by atoms with van der Waals surface area (Å²) >= 11 is 2.71. The minimum atomic E-state index is -0.492. The summed E-state index contributed by atoms with van der Waals surface area (Å²) < 4.78 is 15.9. The standard InChI is InChI=1S/C21H22FN3O2S2/c1-3-23-17(26)11-28-21-24-19-18(13-9-8-12(2)10-16(13)29-19)20(27)25(21)15-7-5-4-6-14(15)22/h4-7,12H,3,8-11H2,1-2H3,(H,23,26)/t12-/m1/s1. The number of nitrogens with zero attached hydrogens (tertiary/aromatic N) is 2. The highest BCUT2D eigenvalue weighted by atomic mass is 32.2. The molecule has 0 fully saturated rings. The van der Waals surface area contributed by atoms with E-state index in [-0.39, 0.29) is 22.9 Å². The van der Waals surface area contributed by atoms with Crippen LogP contribution in [0.15, 0.2) is 34.2 Å². The van der Waals surface area contributed by atoms with Crippen molar-refractivity contribution in [3.05, 3.63) is 50.9 Å². The smallest absolute Gasteiger partial charge is 0.267 e. The Labute approximate surface area is 176 Å². The molecular weight excluding hydrogens is 409 g/mol. The van der Waals surface area contributed by atoms with Gasteiger partial charge in [-0.15, -0.1) is 11.3 Å². The molecular formula is C21H22FN3O2S2. The molecule has 1 aliphatic rings. The van der Waals surface area contributed by atoms with Gasteiger partial charge in [0.05, 0.1) is 16.8 Å². The van der Waals surface area contributed by atoms with Crippen molar-refractivity contribution in [1.82, 2.24) is 14.9 Å². The first kappa shape index (κ1) is 20.1. The molecule has 3 aromatic rings. The maximum Gasteiger partial charge on any atom is 0.267 e. The number of amides is 1. The molecule has 0 spiro atoms. The SMILES string of the molecule is CCNC(=O)CSc1nc2sc3c(c2c(=O)n1-c1ccccc1F)CC[C@@H](C)C3. The molecule has 1 aliphatic carbocycles. The fourth-order valence-corrected chi connectivity index (χ4v) is 5.95. The quantitative estimate of drug-likeness (QED) is 0.491. The number of nitrogens with one attached hydrogen (secondary N) is 1. The number of hydrogen-bond donors (Lipinski definition) is 1. The minimum Gasteiger partial charge on any atom is -0.356 e. The summed E-state index contributed by atoms with van der Waals surface area (Å²) in [5.41, 5.74) is 0.964. The van der Waals surface area contributed by atoms with Gasteiger partial charge in [0.25, 0.3) is 5.56 Å². The van der Waals surface area contributed by atoms with Gasteiger partial charge in [0.1, 0.15) is 10.6 Å². The fraction of sp³-hybridized carbons (Fsp3) is 0.381. The van der Waals surface area contributed by atoms with Crippen LogP contribution in [0.1, 0.15) is 30.7 Å². The van der Waals surface area contributed by atoms with Gasteiger partial charge in [-0.2, -0.15) is 0 Å². The van der Waals surface area contributed by atoms with Gasteiger partial charge in [-0.3, -0.25) is 14.2 Å². The molecule has 29 heavy (non-hydrogen) atoms. The lowest BCUT2D eigenvalue weighted by atomic mass is 9.89. The van der Waals surface area contributed by atoms with E-state index in [1.807, 2.05) is 6.92 Å². The van der Waals surface area contributed by atoms with Crippen LogP contribution in [0.5, 0.6) is 0 Å². The summed E-state index contributed by atoms with van der Waals surface area (Å²) in [6, 6.07) is 6.18. The number of carbonyl (C=O) groups excluding carboxylic acids is 1. The number of hydrogen-bond acceptors (Lipinski definition) is 5. The van der Waals surface area contributed by atoms with Crippen LogP contribution >= 0.6 is 23.1 Å². The zero-order valence-electron chi connectivity index (χ0n) is 16.3. The molecule has 0 radical (unpaired) electrons. The van der Waals surface area contributed by atoms with Crippen LogP contribution in [0.25, 0.3) is 15.9 Å². The predicted molar refractivity (Wildman–Crippen MR) is 116 cm³/mol. The zero-order chi connectivity index (χ0) is 20.5. The van der Waals surface area contributed by atoms with E-state index in [9.17, 15) is 14.0 Å².